The maximum Gasteiger partial charge on any atom is 0.225 e. The molecule has 0 heterocycles. The lowest BCUT2D eigenvalue weighted by atomic mass is 9.67. The van der Waals surface area contributed by atoms with E-state index in [1.165, 1.54) is 6.42 Å². The van der Waals surface area contributed by atoms with Crippen LogP contribution in [0.25, 0.3) is 0 Å². The molecule has 3 heteroatoms. The van der Waals surface area contributed by atoms with Crippen molar-refractivity contribution in [2.24, 2.45) is 17.8 Å². The molecular formula is C14H23NO2. The number of carbonyl (C=O) groups is 2. The average molecular weight is 237 g/mol. The molecular weight excluding hydrogens is 214 g/mol. The molecule has 0 aromatic heterocycles. The van der Waals surface area contributed by atoms with E-state index in [1.807, 2.05) is 18.7 Å². The fourth-order valence-electron chi connectivity index (χ4n) is 3.47. The number of rotatable bonds is 3. The van der Waals surface area contributed by atoms with Gasteiger partial charge in [0, 0.05) is 30.8 Å². The van der Waals surface area contributed by atoms with Crippen LogP contribution in [0.1, 0.15) is 46.0 Å². The van der Waals surface area contributed by atoms with Crippen LogP contribution in [0.5, 0.6) is 0 Å². The first-order valence-electron chi connectivity index (χ1n) is 6.99. The normalized spacial score (nSPS) is 32.4. The van der Waals surface area contributed by atoms with Crippen LogP contribution in [0, 0.1) is 17.8 Å². The summed E-state index contributed by atoms with van der Waals surface area (Å²) in [4.78, 5) is 26.2. The third-order valence-electron chi connectivity index (χ3n) is 4.47. The van der Waals surface area contributed by atoms with Gasteiger partial charge in [-0.2, -0.15) is 0 Å². The van der Waals surface area contributed by atoms with Gasteiger partial charge in [0.05, 0.1) is 0 Å². The minimum absolute atomic E-state index is 0.114. The topological polar surface area (TPSA) is 37.4 Å². The van der Waals surface area contributed by atoms with Crippen LogP contribution in [0.2, 0.25) is 0 Å². The minimum Gasteiger partial charge on any atom is -0.343 e. The molecule has 1 amide bonds. The molecule has 96 valence electrons. The molecule has 2 rings (SSSR count). The van der Waals surface area contributed by atoms with Gasteiger partial charge in [-0.15, -0.1) is 0 Å². The maximum absolute atomic E-state index is 12.3. The first-order valence-corrected chi connectivity index (χ1v) is 6.99. The highest BCUT2D eigenvalue weighted by Gasteiger charge is 2.41. The minimum atomic E-state index is 0.114. The Morgan fingerprint density at radius 2 is 1.71 bits per heavy atom. The third kappa shape index (κ3) is 2.38. The van der Waals surface area contributed by atoms with Crippen molar-refractivity contribution in [1.29, 1.82) is 0 Å². The van der Waals surface area contributed by atoms with Crippen LogP contribution in [0.4, 0.5) is 0 Å². The summed E-state index contributed by atoms with van der Waals surface area (Å²) in [6.45, 7) is 5.62. The van der Waals surface area contributed by atoms with Crippen molar-refractivity contribution in [1.82, 2.24) is 4.90 Å². The molecule has 0 aromatic rings. The molecule has 0 unspecified atom stereocenters. The largest absolute Gasteiger partial charge is 0.343 e. The fourth-order valence-corrected chi connectivity index (χ4v) is 3.47. The number of hydrogen-bond donors (Lipinski definition) is 0. The summed E-state index contributed by atoms with van der Waals surface area (Å²) in [6, 6.07) is 0. The molecule has 0 aliphatic heterocycles. The van der Waals surface area contributed by atoms with Crippen LogP contribution in [0.3, 0.4) is 0 Å². The van der Waals surface area contributed by atoms with Gasteiger partial charge in [-0.25, -0.2) is 0 Å². The van der Waals surface area contributed by atoms with Crippen molar-refractivity contribution in [3.8, 4) is 0 Å². The van der Waals surface area contributed by atoms with Gasteiger partial charge in [-0.05, 0) is 39.5 Å². The second-order valence-corrected chi connectivity index (χ2v) is 5.41. The van der Waals surface area contributed by atoms with E-state index in [1.54, 1.807) is 0 Å². The van der Waals surface area contributed by atoms with Crippen molar-refractivity contribution in [2.45, 2.75) is 46.0 Å². The van der Waals surface area contributed by atoms with E-state index in [2.05, 4.69) is 0 Å². The van der Waals surface area contributed by atoms with Gasteiger partial charge >= 0.3 is 0 Å². The monoisotopic (exact) mass is 237 g/mol. The average Bonchev–Trinajstić information content (AvgIpc) is 2.30. The molecule has 2 fully saturated rings. The van der Waals surface area contributed by atoms with Gasteiger partial charge in [0.2, 0.25) is 5.91 Å². The van der Waals surface area contributed by atoms with Crippen molar-refractivity contribution >= 4 is 11.7 Å². The first kappa shape index (κ1) is 12.6. The summed E-state index contributed by atoms with van der Waals surface area (Å²) in [6.07, 6.45) is 4.82. The third-order valence-corrected chi connectivity index (χ3v) is 4.47. The second-order valence-electron chi connectivity index (χ2n) is 5.41. The number of Topliss-reactive ketones (excluding diaryl/α,β-unsaturated/α-hetero) is 1. The fraction of sp³-hybridized carbons (Fsp3) is 0.857. The predicted octanol–water partition coefficient (Wildman–Crippen LogP) is 2.25. The Balaban J connectivity index is 2.04. The van der Waals surface area contributed by atoms with E-state index in [0.717, 1.165) is 38.8 Å². The highest BCUT2D eigenvalue weighted by atomic mass is 16.2. The van der Waals surface area contributed by atoms with Crippen LogP contribution in [-0.4, -0.2) is 29.7 Å². The molecule has 2 aliphatic rings. The Morgan fingerprint density at radius 3 is 2.18 bits per heavy atom. The lowest BCUT2D eigenvalue weighted by Gasteiger charge is -2.38. The van der Waals surface area contributed by atoms with E-state index < -0.39 is 0 Å². The van der Waals surface area contributed by atoms with Crippen molar-refractivity contribution in [3.05, 3.63) is 0 Å². The smallest absolute Gasteiger partial charge is 0.225 e. The summed E-state index contributed by atoms with van der Waals surface area (Å²) in [5, 5.41) is 0. The van der Waals surface area contributed by atoms with Gasteiger partial charge in [0.15, 0.2) is 0 Å². The molecule has 0 spiro atoms. The molecule has 2 saturated carbocycles. The number of ketones is 1. The van der Waals surface area contributed by atoms with Gasteiger partial charge < -0.3 is 4.90 Å². The summed E-state index contributed by atoms with van der Waals surface area (Å²) in [5.74, 6) is 1.21. The van der Waals surface area contributed by atoms with Crippen LogP contribution in [0.15, 0.2) is 0 Å². The second kappa shape index (κ2) is 5.19. The van der Waals surface area contributed by atoms with E-state index in [4.69, 9.17) is 0 Å². The lowest BCUT2D eigenvalue weighted by molar-refractivity contribution is -0.142. The number of fused-ring (bicyclic) bond motifs is 2. The Kier molecular flexibility index (Phi) is 3.85. The lowest BCUT2D eigenvalue weighted by Crippen LogP contribution is -2.44. The quantitative estimate of drug-likeness (QED) is 0.755. The van der Waals surface area contributed by atoms with Crippen LogP contribution in [-0.2, 0) is 9.59 Å². The Morgan fingerprint density at radius 1 is 1.18 bits per heavy atom. The Labute approximate surface area is 104 Å². The predicted molar refractivity (Wildman–Crippen MR) is 66.5 cm³/mol. The molecule has 2 bridgehead atoms. The van der Waals surface area contributed by atoms with Crippen molar-refractivity contribution in [2.75, 3.05) is 13.1 Å². The molecule has 2 atom stereocenters. The highest BCUT2D eigenvalue weighted by Crippen LogP contribution is 2.40. The number of carbonyl (C=O) groups excluding carboxylic acids is 2. The summed E-state index contributed by atoms with van der Waals surface area (Å²) in [7, 11) is 0. The maximum atomic E-state index is 12.3. The molecule has 0 N–H and O–H groups in total. The molecule has 0 saturated heterocycles. The zero-order valence-electron chi connectivity index (χ0n) is 10.9. The Bertz CT molecular complexity index is 293. The van der Waals surface area contributed by atoms with Gasteiger partial charge in [0.25, 0.3) is 0 Å². The van der Waals surface area contributed by atoms with Gasteiger partial charge in [-0.1, -0.05) is 6.42 Å². The zero-order valence-corrected chi connectivity index (χ0v) is 10.9. The summed E-state index contributed by atoms with van der Waals surface area (Å²) < 4.78 is 0. The van der Waals surface area contributed by atoms with Crippen molar-refractivity contribution in [3.63, 3.8) is 0 Å². The van der Waals surface area contributed by atoms with Gasteiger partial charge in [-0.3, -0.25) is 9.59 Å². The zero-order chi connectivity index (χ0) is 12.4. The summed E-state index contributed by atoms with van der Waals surface area (Å²) >= 11 is 0. The number of amides is 1. The van der Waals surface area contributed by atoms with Crippen LogP contribution >= 0.6 is 0 Å². The number of nitrogens with zero attached hydrogens (tertiary/aromatic N) is 1. The van der Waals surface area contributed by atoms with E-state index >= 15 is 0 Å². The highest BCUT2D eigenvalue weighted by molar-refractivity contribution is 5.88. The summed E-state index contributed by atoms with van der Waals surface area (Å²) in [5.41, 5.74) is 0. The SMILES string of the molecule is CCN(CC)C(=O)C1C[C@H]2CCC[C@H](C1)C2=O. The molecule has 17 heavy (non-hydrogen) atoms. The van der Waals surface area contributed by atoms with Crippen LogP contribution < -0.4 is 0 Å². The van der Waals surface area contributed by atoms with E-state index in [9.17, 15) is 9.59 Å². The van der Waals surface area contributed by atoms with E-state index in [0.29, 0.717) is 5.78 Å². The first-order chi connectivity index (χ1) is 8.17. The molecule has 0 aromatic carbocycles. The molecule has 2 aliphatic carbocycles. The molecule has 3 nitrogen and oxygen atoms in total. The standard InChI is InChI=1S/C14H23NO2/c1-3-15(4-2)14(17)12-8-10-6-5-7-11(9-12)13(10)16/h10-12H,3-9H2,1-2H3/t10-,11-/m1/s1. The van der Waals surface area contributed by atoms with Crippen molar-refractivity contribution < 1.29 is 9.59 Å². The number of hydrogen-bond acceptors (Lipinski definition) is 2. The molecule has 0 radical (unpaired) electrons. The van der Waals surface area contributed by atoms with E-state index in [-0.39, 0.29) is 23.7 Å². The van der Waals surface area contributed by atoms with Gasteiger partial charge in [0.1, 0.15) is 5.78 Å². The Hall–Kier alpha value is -0.860.